The number of hydrogen-bond acceptors (Lipinski definition) is 3. The summed E-state index contributed by atoms with van der Waals surface area (Å²) in [6, 6.07) is 75.4. The second-order valence-electron chi connectivity index (χ2n) is 14.8. The van der Waals surface area contributed by atoms with Gasteiger partial charge in [0.1, 0.15) is 0 Å². The van der Waals surface area contributed by atoms with Crippen LogP contribution in [0.25, 0.3) is 111 Å². The van der Waals surface area contributed by atoms with Gasteiger partial charge < -0.3 is 0 Å². The molecule has 0 atom stereocenters. The summed E-state index contributed by atoms with van der Waals surface area (Å²) in [6.07, 6.45) is 0. The van der Waals surface area contributed by atoms with Crippen molar-refractivity contribution in [2.24, 2.45) is 0 Å². The third-order valence-electron chi connectivity index (χ3n) is 11.3. The molecule has 0 radical (unpaired) electrons. The van der Waals surface area contributed by atoms with Gasteiger partial charge in [-0.15, -0.1) is 0 Å². The molecule has 0 fully saturated rings. The first-order chi connectivity index (χ1) is 28.7. The Morgan fingerprint density at radius 2 is 0.586 bits per heavy atom. The van der Waals surface area contributed by atoms with Crippen LogP contribution in [0.1, 0.15) is 0 Å². The fourth-order valence-electron chi connectivity index (χ4n) is 8.31. The van der Waals surface area contributed by atoms with Gasteiger partial charge in [0.15, 0.2) is 17.5 Å². The maximum Gasteiger partial charge on any atom is 0.164 e. The van der Waals surface area contributed by atoms with E-state index in [2.05, 4.69) is 212 Å². The Kier molecular flexibility index (Phi) is 8.15. The van der Waals surface area contributed by atoms with Gasteiger partial charge in [0.2, 0.25) is 0 Å². The standard InChI is InChI=1S/C55H35N3/c1-3-13-43-34-45(30-24-36(43)10-1)38-20-26-41(27-21-38)53-56-54(42-28-22-39(23-29-42)46-31-25-37-11-2-4-14-44(37)35-46)58-55(57-53)52-33-32-51(49-17-7-8-18-50(49)52)48-19-9-15-40-12-5-6-16-47(40)48/h1-35H. The van der Waals surface area contributed by atoms with Crippen LogP contribution in [-0.2, 0) is 0 Å². The van der Waals surface area contributed by atoms with Gasteiger partial charge in [-0.3, -0.25) is 0 Å². The summed E-state index contributed by atoms with van der Waals surface area (Å²) in [7, 11) is 0. The van der Waals surface area contributed by atoms with Gasteiger partial charge in [-0.1, -0.05) is 194 Å². The third-order valence-corrected chi connectivity index (χ3v) is 11.3. The van der Waals surface area contributed by atoms with Crippen molar-refractivity contribution in [1.29, 1.82) is 0 Å². The number of rotatable bonds is 6. The van der Waals surface area contributed by atoms with Crippen LogP contribution in [0.15, 0.2) is 212 Å². The van der Waals surface area contributed by atoms with Gasteiger partial charge in [0.05, 0.1) is 0 Å². The average Bonchev–Trinajstić information content (AvgIpc) is 3.30. The first-order valence-corrected chi connectivity index (χ1v) is 19.7. The SMILES string of the molecule is c1ccc2cc(-c3ccc(-c4nc(-c5ccc(-c6ccc7ccccc7c6)cc5)nc(-c5ccc(-c6cccc7ccccc67)c6ccccc56)n4)cc3)ccc2c1. The smallest absolute Gasteiger partial charge is 0.164 e. The predicted octanol–water partition coefficient (Wildman–Crippen LogP) is 14.5. The van der Waals surface area contributed by atoms with E-state index in [-0.39, 0.29) is 0 Å². The van der Waals surface area contributed by atoms with E-state index in [4.69, 9.17) is 15.0 Å². The lowest BCUT2D eigenvalue weighted by Gasteiger charge is -2.14. The van der Waals surface area contributed by atoms with Crippen molar-refractivity contribution in [3.05, 3.63) is 212 Å². The van der Waals surface area contributed by atoms with Crippen LogP contribution in [0.2, 0.25) is 0 Å². The van der Waals surface area contributed by atoms with Crippen LogP contribution in [0.4, 0.5) is 0 Å². The number of hydrogen-bond donors (Lipinski definition) is 0. The van der Waals surface area contributed by atoms with E-state index in [9.17, 15) is 0 Å². The van der Waals surface area contributed by atoms with Gasteiger partial charge in [-0.2, -0.15) is 0 Å². The molecule has 0 aliphatic heterocycles. The normalized spacial score (nSPS) is 11.4. The van der Waals surface area contributed by atoms with Crippen molar-refractivity contribution >= 4 is 43.1 Å². The number of nitrogens with zero attached hydrogens (tertiary/aromatic N) is 3. The second kappa shape index (κ2) is 14.1. The van der Waals surface area contributed by atoms with Crippen molar-refractivity contribution < 1.29 is 0 Å². The Morgan fingerprint density at radius 3 is 1.16 bits per heavy atom. The molecule has 0 unspecified atom stereocenters. The van der Waals surface area contributed by atoms with E-state index in [1.165, 1.54) is 54.6 Å². The second-order valence-corrected chi connectivity index (χ2v) is 14.8. The first-order valence-electron chi connectivity index (χ1n) is 19.7. The highest BCUT2D eigenvalue weighted by Gasteiger charge is 2.17. The summed E-state index contributed by atoms with van der Waals surface area (Å²) < 4.78 is 0. The number of fused-ring (bicyclic) bond motifs is 4. The van der Waals surface area contributed by atoms with Gasteiger partial charge in [-0.25, -0.2) is 15.0 Å². The highest BCUT2D eigenvalue weighted by Crippen LogP contribution is 2.39. The summed E-state index contributed by atoms with van der Waals surface area (Å²) >= 11 is 0. The summed E-state index contributed by atoms with van der Waals surface area (Å²) in [5.74, 6) is 1.90. The summed E-state index contributed by atoms with van der Waals surface area (Å²) in [5, 5.41) is 9.60. The van der Waals surface area contributed by atoms with E-state index < -0.39 is 0 Å². The minimum atomic E-state index is 0.630. The largest absolute Gasteiger partial charge is 0.208 e. The van der Waals surface area contributed by atoms with E-state index in [1.54, 1.807) is 0 Å². The molecule has 3 nitrogen and oxygen atoms in total. The van der Waals surface area contributed by atoms with Crippen LogP contribution < -0.4 is 0 Å². The highest BCUT2D eigenvalue weighted by atomic mass is 15.0. The zero-order valence-electron chi connectivity index (χ0n) is 31.5. The van der Waals surface area contributed by atoms with Crippen molar-refractivity contribution in [2.75, 3.05) is 0 Å². The molecule has 0 saturated heterocycles. The molecular weight excluding hydrogens is 703 g/mol. The van der Waals surface area contributed by atoms with Crippen molar-refractivity contribution in [3.8, 4) is 67.5 Å². The minimum Gasteiger partial charge on any atom is -0.208 e. The zero-order chi connectivity index (χ0) is 38.4. The van der Waals surface area contributed by atoms with Gasteiger partial charge >= 0.3 is 0 Å². The molecule has 1 aromatic heterocycles. The monoisotopic (exact) mass is 737 g/mol. The van der Waals surface area contributed by atoms with Gasteiger partial charge in [-0.05, 0) is 94.7 Å². The lowest BCUT2D eigenvalue weighted by molar-refractivity contribution is 1.08. The molecule has 58 heavy (non-hydrogen) atoms. The molecule has 0 saturated carbocycles. The minimum absolute atomic E-state index is 0.630. The van der Waals surface area contributed by atoms with E-state index >= 15 is 0 Å². The van der Waals surface area contributed by atoms with Crippen LogP contribution >= 0.6 is 0 Å². The lowest BCUT2D eigenvalue weighted by atomic mass is 9.92. The van der Waals surface area contributed by atoms with Gasteiger partial charge in [0.25, 0.3) is 0 Å². The molecule has 0 amide bonds. The van der Waals surface area contributed by atoms with Crippen LogP contribution in [0.5, 0.6) is 0 Å². The molecule has 0 aliphatic carbocycles. The Balaban J connectivity index is 1.04. The van der Waals surface area contributed by atoms with E-state index in [1.807, 2.05) is 0 Å². The van der Waals surface area contributed by atoms with Crippen molar-refractivity contribution in [1.82, 2.24) is 15.0 Å². The van der Waals surface area contributed by atoms with E-state index in [0.717, 1.165) is 38.6 Å². The summed E-state index contributed by atoms with van der Waals surface area (Å²) in [6.45, 7) is 0. The Morgan fingerprint density at radius 1 is 0.207 bits per heavy atom. The quantitative estimate of drug-likeness (QED) is 0.171. The van der Waals surface area contributed by atoms with E-state index in [0.29, 0.717) is 17.5 Å². The zero-order valence-corrected chi connectivity index (χ0v) is 31.5. The molecule has 10 aromatic carbocycles. The molecule has 11 aromatic rings. The van der Waals surface area contributed by atoms with Crippen LogP contribution in [0, 0.1) is 0 Å². The Hall–Kier alpha value is -7.75. The number of aromatic nitrogens is 3. The first kappa shape index (κ1) is 33.6. The lowest BCUT2D eigenvalue weighted by Crippen LogP contribution is -2.01. The van der Waals surface area contributed by atoms with Crippen LogP contribution in [-0.4, -0.2) is 15.0 Å². The molecule has 0 spiro atoms. The Labute approximate surface area is 336 Å². The molecule has 0 N–H and O–H groups in total. The molecular formula is C55H35N3. The number of benzene rings is 10. The molecule has 3 heteroatoms. The highest BCUT2D eigenvalue weighted by molar-refractivity contribution is 6.09. The van der Waals surface area contributed by atoms with Crippen LogP contribution in [0.3, 0.4) is 0 Å². The molecule has 0 bridgehead atoms. The fourth-order valence-corrected chi connectivity index (χ4v) is 8.31. The fraction of sp³-hybridized carbons (Fsp3) is 0. The molecule has 270 valence electrons. The maximum absolute atomic E-state index is 5.22. The average molecular weight is 738 g/mol. The third kappa shape index (κ3) is 6.07. The van der Waals surface area contributed by atoms with Gasteiger partial charge in [0, 0.05) is 16.7 Å². The Bertz CT molecular complexity index is 3180. The maximum atomic E-state index is 5.22. The topological polar surface area (TPSA) is 38.7 Å². The molecule has 1 heterocycles. The predicted molar refractivity (Wildman–Crippen MR) is 242 cm³/mol. The molecule has 0 aliphatic rings. The molecule has 11 rings (SSSR count). The summed E-state index contributed by atoms with van der Waals surface area (Å²) in [5.41, 5.74) is 9.84. The van der Waals surface area contributed by atoms with Crippen molar-refractivity contribution in [2.45, 2.75) is 0 Å². The van der Waals surface area contributed by atoms with Crippen molar-refractivity contribution in [3.63, 3.8) is 0 Å². The summed E-state index contributed by atoms with van der Waals surface area (Å²) in [4.78, 5) is 15.6.